The highest BCUT2D eigenvalue weighted by molar-refractivity contribution is 5.94. The van der Waals surface area contributed by atoms with Gasteiger partial charge in [0.2, 0.25) is 0 Å². The van der Waals surface area contributed by atoms with Crippen LogP contribution >= 0.6 is 0 Å². The Bertz CT molecular complexity index is 678. The van der Waals surface area contributed by atoms with Crippen molar-refractivity contribution < 1.29 is 13.6 Å². The second-order valence-electron chi connectivity index (χ2n) is 5.97. The third-order valence-electron chi connectivity index (χ3n) is 4.40. The Kier molecular flexibility index (Phi) is 5.20. The second kappa shape index (κ2) is 7.53. The summed E-state index contributed by atoms with van der Waals surface area (Å²) in [6.07, 6.45) is 0.955. The zero-order chi connectivity index (χ0) is 16.9. The molecule has 0 aliphatic carbocycles. The predicted octanol–water partition coefficient (Wildman–Crippen LogP) is 2.97. The normalized spacial score (nSPS) is 15.5. The summed E-state index contributed by atoms with van der Waals surface area (Å²) in [5, 5.41) is 0. The van der Waals surface area contributed by atoms with E-state index in [0.29, 0.717) is 26.2 Å². The smallest absolute Gasteiger partial charge is 0.259 e. The van der Waals surface area contributed by atoms with Crippen molar-refractivity contribution in [3.63, 3.8) is 0 Å². The van der Waals surface area contributed by atoms with Crippen LogP contribution in [0.4, 0.5) is 8.78 Å². The molecule has 0 bridgehead atoms. The fraction of sp³-hybridized carbons (Fsp3) is 0.316. The molecule has 1 aliphatic rings. The summed E-state index contributed by atoms with van der Waals surface area (Å²) in [5.41, 5.74) is 0.833. The zero-order valence-corrected chi connectivity index (χ0v) is 13.4. The van der Waals surface area contributed by atoms with Gasteiger partial charge in [0.25, 0.3) is 5.91 Å². The van der Waals surface area contributed by atoms with Gasteiger partial charge in [-0.15, -0.1) is 0 Å². The SMILES string of the molecule is O=C(c1c(F)cccc1F)N1CCN(CCc2ccccc2)CC1. The molecule has 1 heterocycles. The molecule has 1 aliphatic heterocycles. The lowest BCUT2D eigenvalue weighted by atomic mass is 10.1. The number of nitrogens with zero attached hydrogens (tertiary/aromatic N) is 2. The van der Waals surface area contributed by atoms with Crippen molar-refractivity contribution in [1.82, 2.24) is 9.80 Å². The Hall–Kier alpha value is -2.27. The highest BCUT2D eigenvalue weighted by Crippen LogP contribution is 2.16. The summed E-state index contributed by atoms with van der Waals surface area (Å²) in [7, 11) is 0. The number of carbonyl (C=O) groups is 1. The third-order valence-corrected chi connectivity index (χ3v) is 4.40. The van der Waals surface area contributed by atoms with Gasteiger partial charge >= 0.3 is 0 Å². The van der Waals surface area contributed by atoms with Crippen molar-refractivity contribution in [2.24, 2.45) is 0 Å². The van der Waals surface area contributed by atoms with Crippen LogP contribution in [0.1, 0.15) is 15.9 Å². The molecule has 5 heteroatoms. The number of carbonyl (C=O) groups excluding carboxylic acids is 1. The van der Waals surface area contributed by atoms with Crippen LogP contribution in [0.5, 0.6) is 0 Å². The van der Waals surface area contributed by atoms with Crippen molar-refractivity contribution in [2.75, 3.05) is 32.7 Å². The highest BCUT2D eigenvalue weighted by atomic mass is 19.1. The van der Waals surface area contributed by atoms with E-state index in [4.69, 9.17) is 0 Å². The number of rotatable bonds is 4. The molecule has 2 aromatic rings. The molecule has 0 radical (unpaired) electrons. The molecule has 2 aromatic carbocycles. The van der Waals surface area contributed by atoms with Gasteiger partial charge in [0.05, 0.1) is 0 Å². The van der Waals surface area contributed by atoms with E-state index in [9.17, 15) is 13.6 Å². The van der Waals surface area contributed by atoms with Crippen LogP contribution in [0.25, 0.3) is 0 Å². The van der Waals surface area contributed by atoms with Crippen LogP contribution in [0, 0.1) is 11.6 Å². The average molecular weight is 330 g/mol. The Morgan fingerprint density at radius 1 is 0.875 bits per heavy atom. The first-order chi connectivity index (χ1) is 11.6. The van der Waals surface area contributed by atoms with Crippen LogP contribution in [0.2, 0.25) is 0 Å². The Labute approximate surface area is 140 Å². The molecule has 0 N–H and O–H groups in total. The first-order valence-corrected chi connectivity index (χ1v) is 8.15. The highest BCUT2D eigenvalue weighted by Gasteiger charge is 2.26. The number of hydrogen-bond donors (Lipinski definition) is 0. The fourth-order valence-electron chi connectivity index (χ4n) is 2.97. The molecule has 3 rings (SSSR count). The molecule has 3 nitrogen and oxygen atoms in total. The number of benzene rings is 2. The number of halogens is 2. The maximum Gasteiger partial charge on any atom is 0.259 e. The molecule has 24 heavy (non-hydrogen) atoms. The van der Waals surface area contributed by atoms with Gasteiger partial charge in [-0.05, 0) is 24.1 Å². The van der Waals surface area contributed by atoms with E-state index in [1.54, 1.807) is 0 Å². The standard InChI is InChI=1S/C19H20F2N2O/c20-16-7-4-8-17(21)18(16)19(24)23-13-11-22(12-14-23)10-9-15-5-2-1-3-6-15/h1-8H,9-14H2. The Balaban J connectivity index is 1.54. The van der Waals surface area contributed by atoms with E-state index in [1.165, 1.54) is 16.5 Å². The number of piperazine rings is 1. The van der Waals surface area contributed by atoms with E-state index in [-0.39, 0.29) is 0 Å². The Morgan fingerprint density at radius 2 is 1.50 bits per heavy atom. The first-order valence-electron chi connectivity index (χ1n) is 8.15. The van der Waals surface area contributed by atoms with E-state index in [1.807, 2.05) is 18.2 Å². The maximum absolute atomic E-state index is 13.7. The molecule has 0 saturated carbocycles. The summed E-state index contributed by atoms with van der Waals surface area (Å²) >= 11 is 0. The quantitative estimate of drug-likeness (QED) is 0.860. The molecule has 0 unspecified atom stereocenters. The van der Waals surface area contributed by atoms with Gasteiger partial charge in [-0.25, -0.2) is 8.78 Å². The molecule has 0 spiro atoms. The van der Waals surface area contributed by atoms with E-state index in [0.717, 1.165) is 25.1 Å². The van der Waals surface area contributed by atoms with Gasteiger partial charge in [-0.2, -0.15) is 0 Å². The summed E-state index contributed by atoms with van der Waals surface area (Å²) in [4.78, 5) is 16.2. The van der Waals surface area contributed by atoms with Crippen LogP contribution in [0.3, 0.4) is 0 Å². The number of hydrogen-bond acceptors (Lipinski definition) is 2. The molecular formula is C19H20F2N2O. The van der Waals surface area contributed by atoms with Crippen LogP contribution in [0.15, 0.2) is 48.5 Å². The summed E-state index contributed by atoms with van der Waals surface area (Å²) in [5.74, 6) is -2.16. The van der Waals surface area contributed by atoms with Gasteiger partial charge in [0.15, 0.2) is 0 Å². The van der Waals surface area contributed by atoms with E-state index in [2.05, 4.69) is 17.0 Å². The van der Waals surface area contributed by atoms with Crippen LogP contribution in [-0.4, -0.2) is 48.4 Å². The van der Waals surface area contributed by atoms with Crippen molar-refractivity contribution in [2.45, 2.75) is 6.42 Å². The van der Waals surface area contributed by atoms with E-state index < -0.39 is 23.1 Å². The lowest BCUT2D eigenvalue weighted by molar-refractivity contribution is 0.0629. The van der Waals surface area contributed by atoms with Gasteiger partial charge in [-0.1, -0.05) is 36.4 Å². The fourth-order valence-corrected chi connectivity index (χ4v) is 2.97. The molecule has 1 amide bonds. The minimum atomic E-state index is -0.800. The van der Waals surface area contributed by atoms with Crippen molar-refractivity contribution in [1.29, 1.82) is 0 Å². The molecule has 126 valence electrons. The minimum absolute atomic E-state index is 0.449. The molecular weight excluding hydrogens is 310 g/mol. The van der Waals surface area contributed by atoms with Gasteiger partial charge in [0.1, 0.15) is 17.2 Å². The van der Waals surface area contributed by atoms with Crippen molar-refractivity contribution in [3.05, 3.63) is 71.3 Å². The number of amides is 1. The Morgan fingerprint density at radius 3 is 2.12 bits per heavy atom. The molecule has 0 aromatic heterocycles. The summed E-state index contributed by atoms with van der Waals surface area (Å²) in [6.45, 7) is 3.33. The summed E-state index contributed by atoms with van der Waals surface area (Å²) < 4.78 is 27.5. The van der Waals surface area contributed by atoms with Gasteiger partial charge < -0.3 is 4.90 Å². The lowest BCUT2D eigenvalue weighted by Crippen LogP contribution is -2.49. The van der Waals surface area contributed by atoms with Crippen LogP contribution in [-0.2, 0) is 6.42 Å². The van der Waals surface area contributed by atoms with Gasteiger partial charge in [0, 0.05) is 32.7 Å². The molecule has 1 saturated heterocycles. The lowest BCUT2D eigenvalue weighted by Gasteiger charge is -2.34. The second-order valence-corrected chi connectivity index (χ2v) is 5.97. The van der Waals surface area contributed by atoms with Gasteiger partial charge in [-0.3, -0.25) is 9.69 Å². The van der Waals surface area contributed by atoms with E-state index >= 15 is 0 Å². The zero-order valence-electron chi connectivity index (χ0n) is 13.4. The molecule has 0 atom stereocenters. The first kappa shape index (κ1) is 16.6. The van der Waals surface area contributed by atoms with Crippen molar-refractivity contribution in [3.8, 4) is 0 Å². The predicted molar refractivity (Wildman–Crippen MR) is 88.8 cm³/mol. The minimum Gasteiger partial charge on any atom is -0.336 e. The topological polar surface area (TPSA) is 23.6 Å². The average Bonchev–Trinajstić information content (AvgIpc) is 2.61. The molecule has 1 fully saturated rings. The van der Waals surface area contributed by atoms with Crippen LogP contribution < -0.4 is 0 Å². The largest absolute Gasteiger partial charge is 0.336 e. The monoisotopic (exact) mass is 330 g/mol. The maximum atomic E-state index is 13.7. The van der Waals surface area contributed by atoms with Crippen molar-refractivity contribution >= 4 is 5.91 Å². The third kappa shape index (κ3) is 3.79. The summed E-state index contributed by atoms with van der Waals surface area (Å²) in [6, 6.07) is 13.7.